The maximum atomic E-state index is 13.1. The molecular weight excluding hydrogens is 504 g/mol. The van der Waals surface area contributed by atoms with Gasteiger partial charge < -0.3 is 10.2 Å². The zero-order chi connectivity index (χ0) is 26.0. The number of nitrogens with zero attached hydrogens (tertiary/aromatic N) is 1. The van der Waals surface area contributed by atoms with Gasteiger partial charge in [-0.1, -0.05) is 54.2 Å². The summed E-state index contributed by atoms with van der Waals surface area (Å²) in [5.74, 6) is -0.495. The first kappa shape index (κ1) is 24.8. The van der Waals surface area contributed by atoms with Crippen LogP contribution in [0, 0.1) is 0 Å². The van der Waals surface area contributed by atoms with Crippen molar-refractivity contribution >= 4 is 44.8 Å². The van der Waals surface area contributed by atoms with Crippen LogP contribution >= 0.6 is 11.8 Å². The summed E-state index contributed by atoms with van der Waals surface area (Å²) < 4.78 is 25.3. The molecule has 0 aromatic heterocycles. The van der Waals surface area contributed by atoms with Crippen LogP contribution in [0.1, 0.15) is 33.2 Å². The summed E-state index contributed by atoms with van der Waals surface area (Å²) in [5, 5.41) is 2.92. The molecule has 0 atom stereocenters. The fourth-order valence-electron chi connectivity index (χ4n) is 4.20. The topological polar surface area (TPSA) is 83.6 Å². The third-order valence-electron chi connectivity index (χ3n) is 6.08. The van der Waals surface area contributed by atoms with Crippen molar-refractivity contribution in [3.8, 4) is 0 Å². The van der Waals surface area contributed by atoms with Crippen molar-refractivity contribution in [1.29, 1.82) is 0 Å². The minimum absolute atomic E-state index is 0.0458. The van der Waals surface area contributed by atoms with E-state index >= 15 is 0 Å². The van der Waals surface area contributed by atoms with Crippen LogP contribution in [0.15, 0.2) is 112 Å². The van der Waals surface area contributed by atoms with Crippen molar-refractivity contribution in [3.63, 3.8) is 0 Å². The highest BCUT2D eigenvalue weighted by atomic mass is 32.2. The molecule has 1 aliphatic heterocycles. The molecule has 0 radical (unpaired) electrons. The molecule has 8 heteroatoms. The number of hydrogen-bond acceptors (Lipinski definition) is 5. The van der Waals surface area contributed by atoms with Gasteiger partial charge in [0.05, 0.1) is 21.9 Å². The van der Waals surface area contributed by atoms with Crippen LogP contribution in [0.25, 0.3) is 0 Å². The number of fused-ring (bicyclic) bond motifs is 2. The van der Waals surface area contributed by atoms with Gasteiger partial charge in [0.1, 0.15) is 0 Å². The molecule has 4 aromatic rings. The average Bonchev–Trinajstić information content (AvgIpc) is 3.02. The summed E-state index contributed by atoms with van der Waals surface area (Å²) in [4.78, 5) is 29.8. The SMILES string of the molecule is CCN1C(=O)c2ccccc2Sc2cc(NC(=O)c3ccc(CS(=O)(=O)c4ccccc4)cc3)ccc21. The average molecular weight is 529 g/mol. The Morgan fingerprint density at radius 3 is 2.30 bits per heavy atom. The molecule has 0 saturated carbocycles. The Bertz CT molecular complexity index is 1580. The second-order valence-electron chi connectivity index (χ2n) is 8.55. The molecule has 0 saturated heterocycles. The van der Waals surface area contributed by atoms with E-state index in [2.05, 4.69) is 5.32 Å². The molecule has 0 fully saturated rings. The lowest BCUT2D eigenvalue weighted by molar-refractivity contribution is 0.0983. The fraction of sp³-hybridized carbons (Fsp3) is 0.103. The maximum absolute atomic E-state index is 13.1. The van der Waals surface area contributed by atoms with Crippen LogP contribution < -0.4 is 10.2 Å². The second-order valence-corrected chi connectivity index (χ2v) is 11.6. The van der Waals surface area contributed by atoms with E-state index in [9.17, 15) is 18.0 Å². The van der Waals surface area contributed by atoms with Crippen molar-refractivity contribution in [3.05, 3.63) is 114 Å². The highest BCUT2D eigenvalue weighted by molar-refractivity contribution is 7.99. The van der Waals surface area contributed by atoms with Crippen molar-refractivity contribution in [1.82, 2.24) is 0 Å². The zero-order valence-corrected chi connectivity index (χ0v) is 21.7. The van der Waals surface area contributed by atoms with E-state index in [-0.39, 0.29) is 22.5 Å². The fourth-order valence-corrected chi connectivity index (χ4v) is 6.69. The number of anilines is 2. The Hall–Kier alpha value is -3.88. The van der Waals surface area contributed by atoms with Gasteiger partial charge in [0.25, 0.3) is 11.8 Å². The summed E-state index contributed by atoms with van der Waals surface area (Å²) in [6.07, 6.45) is 0. The predicted molar refractivity (Wildman–Crippen MR) is 146 cm³/mol. The summed E-state index contributed by atoms with van der Waals surface area (Å²) >= 11 is 1.50. The number of rotatable bonds is 6. The molecule has 5 rings (SSSR count). The predicted octanol–water partition coefficient (Wildman–Crippen LogP) is 6.04. The molecule has 186 valence electrons. The van der Waals surface area contributed by atoms with E-state index in [1.54, 1.807) is 65.6 Å². The Morgan fingerprint density at radius 1 is 0.865 bits per heavy atom. The molecule has 0 aliphatic carbocycles. The molecule has 37 heavy (non-hydrogen) atoms. The Morgan fingerprint density at radius 2 is 1.57 bits per heavy atom. The number of hydrogen-bond donors (Lipinski definition) is 1. The Kier molecular flexibility index (Phi) is 6.86. The highest BCUT2D eigenvalue weighted by Gasteiger charge is 2.26. The van der Waals surface area contributed by atoms with E-state index in [1.807, 2.05) is 43.3 Å². The first-order valence-corrected chi connectivity index (χ1v) is 14.2. The lowest BCUT2D eigenvalue weighted by atomic mass is 10.1. The molecule has 1 heterocycles. The van der Waals surface area contributed by atoms with Crippen LogP contribution in [-0.4, -0.2) is 26.8 Å². The van der Waals surface area contributed by atoms with Gasteiger partial charge in [0.2, 0.25) is 0 Å². The zero-order valence-electron chi connectivity index (χ0n) is 20.0. The highest BCUT2D eigenvalue weighted by Crippen LogP contribution is 2.42. The minimum Gasteiger partial charge on any atom is -0.322 e. The number of nitrogens with one attached hydrogen (secondary N) is 1. The van der Waals surface area contributed by atoms with E-state index in [4.69, 9.17) is 0 Å². The van der Waals surface area contributed by atoms with E-state index in [0.717, 1.165) is 15.5 Å². The Balaban J connectivity index is 1.34. The molecule has 4 aromatic carbocycles. The first-order valence-electron chi connectivity index (χ1n) is 11.8. The standard InChI is InChI=1S/C29H24N2O4S2/c1-2-31-25-17-16-22(18-27(25)36-26-11-7-6-10-24(26)29(31)33)30-28(32)21-14-12-20(13-15-21)19-37(34,35)23-8-4-3-5-9-23/h3-18H,2,19H2,1H3,(H,30,32). The van der Waals surface area contributed by atoms with Crippen LogP contribution in [0.2, 0.25) is 0 Å². The quantitative estimate of drug-likeness (QED) is 0.330. The Labute approximate surface area is 220 Å². The molecule has 0 bridgehead atoms. The van der Waals surface area contributed by atoms with E-state index in [1.165, 1.54) is 11.8 Å². The molecule has 6 nitrogen and oxygen atoms in total. The van der Waals surface area contributed by atoms with Gasteiger partial charge in [-0.05, 0) is 67.1 Å². The van der Waals surface area contributed by atoms with Gasteiger partial charge in [-0.25, -0.2) is 8.42 Å². The van der Waals surface area contributed by atoms with Crippen LogP contribution in [-0.2, 0) is 15.6 Å². The summed E-state index contributed by atoms with van der Waals surface area (Å²) in [5.41, 5.74) is 3.08. The lowest BCUT2D eigenvalue weighted by Gasteiger charge is -2.21. The van der Waals surface area contributed by atoms with Gasteiger partial charge in [0, 0.05) is 27.6 Å². The monoisotopic (exact) mass is 528 g/mol. The molecular formula is C29H24N2O4S2. The largest absolute Gasteiger partial charge is 0.322 e. The smallest absolute Gasteiger partial charge is 0.259 e. The van der Waals surface area contributed by atoms with Gasteiger partial charge >= 0.3 is 0 Å². The summed E-state index contributed by atoms with van der Waals surface area (Å²) in [6, 6.07) is 27.9. The number of carbonyl (C=O) groups excluding carboxylic acids is 2. The number of sulfone groups is 1. The molecule has 1 N–H and O–H groups in total. The van der Waals surface area contributed by atoms with Crippen molar-refractivity contribution in [2.45, 2.75) is 27.4 Å². The normalized spacial score (nSPS) is 12.9. The van der Waals surface area contributed by atoms with Crippen LogP contribution in [0.3, 0.4) is 0 Å². The van der Waals surface area contributed by atoms with Gasteiger partial charge in [-0.3, -0.25) is 9.59 Å². The third-order valence-corrected chi connectivity index (χ3v) is 8.91. The lowest BCUT2D eigenvalue weighted by Crippen LogP contribution is -2.30. The van der Waals surface area contributed by atoms with E-state index < -0.39 is 9.84 Å². The molecule has 0 spiro atoms. The molecule has 2 amide bonds. The van der Waals surface area contributed by atoms with Crippen molar-refractivity contribution in [2.75, 3.05) is 16.8 Å². The van der Waals surface area contributed by atoms with Gasteiger partial charge in [-0.2, -0.15) is 0 Å². The number of benzene rings is 4. The van der Waals surface area contributed by atoms with Gasteiger partial charge in [-0.15, -0.1) is 0 Å². The number of amides is 2. The summed E-state index contributed by atoms with van der Waals surface area (Å²) in [6.45, 7) is 2.46. The second kappa shape index (κ2) is 10.2. The minimum atomic E-state index is -3.47. The van der Waals surface area contributed by atoms with Crippen LogP contribution in [0.4, 0.5) is 11.4 Å². The van der Waals surface area contributed by atoms with E-state index in [0.29, 0.717) is 28.9 Å². The number of carbonyl (C=O) groups is 2. The van der Waals surface area contributed by atoms with Crippen LogP contribution in [0.5, 0.6) is 0 Å². The van der Waals surface area contributed by atoms with Gasteiger partial charge in [0.15, 0.2) is 9.84 Å². The van der Waals surface area contributed by atoms with Crippen molar-refractivity contribution < 1.29 is 18.0 Å². The first-order chi connectivity index (χ1) is 17.9. The molecule has 0 unspecified atom stereocenters. The molecule has 1 aliphatic rings. The maximum Gasteiger partial charge on any atom is 0.259 e. The summed E-state index contributed by atoms with van der Waals surface area (Å²) in [7, 11) is -3.47. The third kappa shape index (κ3) is 5.16. The van der Waals surface area contributed by atoms with Crippen molar-refractivity contribution in [2.24, 2.45) is 0 Å².